The molecule has 0 N–H and O–H groups in total. The summed E-state index contributed by atoms with van der Waals surface area (Å²) in [5, 5.41) is 0. The first-order chi connectivity index (χ1) is 29.5. The Morgan fingerprint density at radius 1 is 0.333 bits per heavy atom. The lowest BCUT2D eigenvalue weighted by atomic mass is 10.0. The highest BCUT2D eigenvalue weighted by Crippen LogP contribution is 2.16. The zero-order chi connectivity index (χ0) is 43.7. The lowest BCUT2D eigenvalue weighted by Gasteiger charge is -2.18. The van der Waals surface area contributed by atoms with Crippen molar-refractivity contribution in [2.75, 3.05) is 13.2 Å². The van der Waals surface area contributed by atoms with Crippen LogP contribution in [-0.4, -0.2) is 37.2 Å². The summed E-state index contributed by atoms with van der Waals surface area (Å²) in [4.78, 5) is 37.9. The van der Waals surface area contributed by atoms with Crippen LogP contribution in [0.2, 0.25) is 0 Å². The van der Waals surface area contributed by atoms with E-state index in [1.165, 1.54) is 161 Å². The zero-order valence-corrected chi connectivity index (χ0v) is 40.2. The van der Waals surface area contributed by atoms with Gasteiger partial charge >= 0.3 is 17.9 Å². The molecule has 6 nitrogen and oxygen atoms in total. The van der Waals surface area contributed by atoms with Crippen molar-refractivity contribution in [1.82, 2.24) is 0 Å². The second-order valence-corrected chi connectivity index (χ2v) is 17.8. The van der Waals surface area contributed by atoms with Crippen molar-refractivity contribution in [3.63, 3.8) is 0 Å². The van der Waals surface area contributed by atoms with Crippen LogP contribution in [0.4, 0.5) is 0 Å². The van der Waals surface area contributed by atoms with Gasteiger partial charge in [0.1, 0.15) is 13.2 Å². The normalized spacial score (nSPS) is 12.1. The number of ether oxygens (including phenoxy) is 3. The topological polar surface area (TPSA) is 78.9 Å². The average Bonchev–Trinajstić information content (AvgIpc) is 3.24. The minimum atomic E-state index is -0.772. The maximum absolute atomic E-state index is 12.8. The molecule has 0 radical (unpaired) electrons. The molecule has 0 spiro atoms. The van der Waals surface area contributed by atoms with E-state index in [2.05, 4.69) is 45.1 Å². The molecule has 0 rings (SSSR count). The molecular weight excluding hydrogens is 745 g/mol. The van der Waals surface area contributed by atoms with Gasteiger partial charge in [0.25, 0.3) is 0 Å². The Kier molecular flexibility index (Phi) is 47.8. The number of hydrogen-bond acceptors (Lipinski definition) is 6. The molecule has 0 aliphatic rings. The number of esters is 3. The van der Waals surface area contributed by atoms with E-state index >= 15 is 0 Å². The molecule has 0 aromatic carbocycles. The number of carbonyl (C=O) groups is 3. The SMILES string of the molecule is CCCC/C=C\C/C=C\CCCCCCCC(=O)O[C@H](COC(=O)CCCCCCCCCCCCC)COC(=O)CCCCCCCCCCCCCCCCCCC. The summed E-state index contributed by atoms with van der Waals surface area (Å²) in [5.74, 6) is -0.872. The Hall–Kier alpha value is -2.11. The van der Waals surface area contributed by atoms with E-state index in [-0.39, 0.29) is 31.1 Å². The van der Waals surface area contributed by atoms with Crippen molar-refractivity contribution in [2.45, 2.75) is 290 Å². The van der Waals surface area contributed by atoms with E-state index in [1.807, 2.05) is 0 Å². The number of hydrogen-bond donors (Lipinski definition) is 0. The number of unbranched alkanes of at least 4 members (excludes halogenated alkanes) is 33. The lowest BCUT2D eigenvalue weighted by Crippen LogP contribution is -2.30. The summed E-state index contributed by atoms with van der Waals surface area (Å²) in [6.07, 6.45) is 55.9. The van der Waals surface area contributed by atoms with Crippen LogP contribution in [0.15, 0.2) is 24.3 Å². The van der Waals surface area contributed by atoms with Gasteiger partial charge in [-0.25, -0.2) is 0 Å². The second-order valence-electron chi connectivity index (χ2n) is 17.8. The van der Waals surface area contributed by atoms with E-state index < -0.39 is 6.10 Å². The first-order valence-electron chi connectivity index (χ1n) is 26.3. The third-order valence-electron chi connectivity index (χ3n) is 11.7. The molecule has 0 saturated heterocycles. The largest absolute Gasteiger partial charge is 0.462 e. The third-order valence-corrected chi connectivity index (χ3v) is 11.7. The van der Waals surface area contributed by atoms with E-state index in [9.17, 15) is 14.4 Å². The van der Waals surface area contributed by atoms with Gasteiger partial charge in [-0.3, -0.25) is 14.4 Å². The van der Waals surface area contributed by atoms with E-state index in [4.69, 9.17) is 14.2 Å². The van der Waals surface area contributed by atoms with Crippen LogP contribution in [0, 0.1) is 0 Å². The van der Waals surface area contributed by atoms with Gasteiger partial charge in [-0.05, 0) is 44.9 Å². The minimum Gasteiger partial charge on any atom is -0.462 e. The van der Waals surface area contributed by atoms with E-state index in [0.29, 0.717) is 19.3 Å². The average molecular weight is 845 g/mol. The van der Waals surface area contributed by atoms with Crippen molar-refractivity contribution in [3.05, 3.63) is 24.3 Å². The van der Waals surface area contributed by atoms with Gasteiger partial charge in [-0.15, -0.1) is 0 Å². The molecule has 0 saturated carbocycles. The third kappa shape index (κ3) is 46.9. The molecule has 0 unspecified atom stereocenters. The standard InChI is InChI=1S/C54H100O6/c1-4-7-10-13-16-19-22-24-26-27-28-30-32-35-38-41-44-47-53(56)59-50-51(49-58-52(55)46-43-40-37-34-31-21-18-15-12-9-6-3)60-54(57)48-45-42-39-36-33-29-25-23-20-17-14-11-8-5-2/h14,17,23,25,51H,4-13,15-16,18-22,24,26-50H2,1-3H3/b17-14-,25-23-/t51-/m1/s1. The predicted molar refractivity (Wildman–Crippen MR) is 256 cm³/mol. The fourth-order valence-corrected chi connectivity index (χ4v) is 7.70. The fraction of sp³-hybridized carbons (Fsp3) is 0.870. The summed E-state index contributed by atoms with van der Waals surface area (Å²) in [5.41, 5.74) is 0. The Bertz CT molecular complexity index is 973. The molecule has 0 aromatic heterocycles. The molecule has 6 heteroatoms. The maximum Gasteiger partial charge on any atom is 0.306 e. The van der Waals surface area contributed by atoms with Crippen molar-refractivity contribution in [1.29, 1.82) is 0 Å². The quantitative estimate of drug-likeness (QED) is 0.0263. The van der Waals surface area contributed by atoms with Gasteiger partial charge in [0.2, 0.25) is 0 Å². The maximum atomic E-state index is 12.8. The van der Waals surface area contributed by atoms with Gasteiger partial charge in [-0.2, -0.15) is 0 Å². The Morgan fingerprint density at radius 2 is 0.617 bits per heavy atom. The minimum absolute atomic E-state index is 0.0721. The molecule has 0 aromatic rings. The van der Waals surface area contributed by atoms with Crippen molar-refractivity contribution in [2.24, 2.45) is 0 Å². The smallest absolute Gasteiger partial charge is 0.306 e. The van der Waals surface area contributed by atoms with Crippen LogP contribution in [0.5, 0.6) is 0 Å². The van der Waals surface area contributed by atoms with E-state index in [0.717, 1.165) is 83.5 Å². The molecule has 0 aliphatic heterocycles. The molecule has 0 aliphatic carbocycles. The fourth-order valence-electron chi connectivity index (χ4n) is 7.70. The molecule has 0 heterocycles. The van der Waals surface area contributed by atoms with Crippen LogP contribution < -0.4 is 0 Å². The van der Waals surface area contributed by atoms with Crippen LogP contribution in [-0.2, 0) is 28.6 Å². The van der Waals surface area contributed by atoms with Crippen molar-refractivity contribution >= 4 is 17.9 Å². The second kappa shape index (κ2) is 49.5. The van der Waals surface area contributed by atoms with Gasteiger partial charge in [0.05, 0.1) is 0 Å². The van der Waals surface area contributed by atoms with Crippen molar-refractivity contribution in [3.8, 4) is 0 Å². The number of allylic oxidation sites excluding steroid dienone is 4. The Labute approximate surface area is 373 Å². The zero-order valence-electron chi connectivity index (χ0n) is 40.2. The summed E-state index contributed by atoms with van der Waals surface area (Å²) < 4.78 is 16.8. The number of carbonyl (C=O) groups excluding carboxylic acids is 3. The molecule has 0 amide bonds. The first-order valence-corrected chi connectivity index (χ1v) is 26.3. The first kappa shape index (κ1) is 57.9. The highest BCUT2D eigenvalue weighted by atomic mass is 16.6. The molecular formula is C54H100O6. The summed E-state index contributed by atoms with van der Waals surface area (Å²) in [6.45, 7) is 6.61. The van der Waals surface area contributed by atoms with Crippen LogP contribution in [0.25, 0.3) is 0 Å². The number of rotatable bonds is 48. The Morgan fingerprint density at radius 3 is 0.967 bits per heavy atom. The lowest BCUT2D eigenvalue weighted by molar-refractivity contribution is -0.167. The molecule has 0 bridgehead atoms. The van der Waals surface area contributed by atoms with Crippen molar-refractivity contribution < 1.29 is 28.6 Å². The van der Waals surface area contributed by atoms with E-state index in [1.54, 1.807) is 0 Å². The van der Waals surface area contributed by atoms with Gasteiger partial charge in [0.15, 0.2) is 6.10 Å². The highest BCUT2D eigenvalue weighted by molar-refractivity contribution is 5.71. The van der Waals surface area contributed by atoms with Crippen LogP contribution in [0.1, 0.15) is 284 Å². The highest BCUT2D eigenvalue weighted by Gasteiger charge is 2.19. The molecule has 0 fully saturated rings. The molecule has 352 valence electrons. The Balaban J connectivity index is 4.32. The molecule has 1 atom stereocenters. The van der Waals surface area contributed by atoms with Gasteiger partial charge in [-0.1, -0.05) is 244 Å². The summed E-state index contributed by atoms with van der Waals surface area (Å²) >= 11 is 0. The monoisotopic (exact) mass is 845 g/mol. The summed E-state index contributed by atoms with van der Waals surface area (Å²) in [6, 6.07) is 0. The predicted octanol–water partition coefficient (Wildman–Crippen LogP) is 17.2. The van der Waals surface area contributed by atoms with Gasteiger partial charge < -0.3 is 14.2 Å². The molecule has 60 heavy (non-hydrogen) atoms. The summed E-state index contributed by atoms with van der Waals surface area (Å²) in [7, 11) is 0. The van der Waals surface area contributed by atoms with Crippen LogP contribution >= 0.6 is 0 Å². The van der Waals surface area contributed by atoms with Crippen LogP contribution in [0.3, 0.4) is 0 Å². The van der Waals surface area contributed by atoms with Gasteiger partial charge in [0, 0.05) is 19.3 Å².